The number of halogens is 3. The number of nitrogens with one attached hydrogen (secondary N) is 1. The van der Waals surface area contributed by atoms with Gasteiger partial charge in [-0.1, -0.05) is 11.2 Å². The highest BCUT2D eigenvalue weighted by Crippen LogP contribution is 2.34. The van der Waals surface area contributed by atoms with Gasteiger partial charge < -0.3 is 10.2 Å². The van der Waals surface area contributed by atoms with Crippen LogP contribution < -0.4 is 5.32 Å². The third kappa shape index (κ3) is 4.68. The van der Waals surface area contributed by atoms with Gasteiger partial charge in [0.2, 0.25) is 0 Å². The SMILES string of the molecule is O=C(NCC(F)(F)F)C1=NOC2(CCCN(Cc3ccccn3)C2)C1. The lowest BCUT2D eigenvalue weighted by atomic mass is 9.88. The molecule has 25 heavy (non-hydrogen) atoms. The lowest BCUT2D eigenvalue weighted by Gasteiger charge is -2.38. The van der Waals surface area contributed by atoms with E-state index in [0.29, 0.717) is 19.5 Å². The second-order valence-corrected chi connectivity index (χ2v) is 6.42. The molecule has 0 saturated carbocycles. The first-order valence-electron chi connectivity index (χ1n) is 8.08. The van der Waals surface area contributed by atoms with Crippen molar-refractivity contribution in [1.29, 1.82) is 0 Å². The van der Waals surface area contributed by atoms with Crippen LogP contribution in [0, 0.1) is 0 Å². The van der Waals surface area contributed by atoms with Crippen LogP contribution in [-0.4, -0.2) is 52.9 Å². The largest absolute Gasteiger partial charge is 0.405 e. The van der Waals surface area contributed by atoms with Gasteiger partial charge in [-0.2, -0.15) is 13.2 Å². The standard InChI is InChI=1S/C16H19F3N4O2/c17-16(18,19)10-21-14(24)13-8-15(25-22-13)5-3-7-23(11-15)9-12-4-1-2-6-20-12/h1-2,4,6H,3,5,7-11H2,(H,21,24). The molecule has 1 fully saturated rings. The molecule has 3 heterocycles. The Balaban J connectivity index is 1.56. The Labute approximate surface area is 143 Å². The molecular formula is C16H19F3N4O2. The zero-order valence-corrected chi connectivity index (χ0v) is 13.6. The van der Waals surface area contributed by atoms with Gasteiger partial charge >= 0.3 is 6.18 Å². The van der Waals surface area contributed by atoms with E-state index >= 15 is 0 Å². The first kappa shape index (κ1) is 17.7. The molecule has 136 valence electrons. The Kier molecular flexibility index (Phi) is 4.94. The number of amides is 1. The van der Waals surface area contributed by atoms with Crippen molar-refractivity contribution in [3.8, 4) is 0 Å². The number of nitrogens with zero attached hydrogens (tertiary/aromatic N) is 3. The van der Waals surface area contributed by atoms with Crippen LogP contribution in [0.15, 0.2) is 29.6 Å². The fourth-order valence-corrected chi connectivity index (χ4v) is 3.19. The van der Waals surface area contributed by atoms with Crippen molar-refractivity contribution in [2.24, 2.45) is 5.16 Å². The molecule has 1 atom stereocenters. The monoisotopic (exact) mass is 356 g/mol. The number of pyridine rings is 1. The van der Waals surface area contributed by atoms with Gasteiger partial charge in [0, 0.05) is 25.7 Å². The minimum atomic E-state index is -4.45. The van der Waals surface area contributed by atoms with E-state index in [9.17, 15) is 18.0 Å². The van der Waals surface area contributed by atoms with Crippen molar-refractivity contribution < 1.29 is 22.8 Å². The summed E-state index contributed by atoms with van der Waals surface area (Å²) in [6, 6.07) is 5.70. The van der Waals surface area contributed by atoms with E-state index < -0.39 is 24.2 Å². The predicted molar refractivity (Wildman–Crippen MR) is 83.7 cm³/mol. The van der Waals surface area contributed by atoms with Crippen molar-refractivity contribution in [3.05, 3.63) is 30.1 Å². The highest BCUT2D eigenvalue weighted by Gasteiger charge is 2.44. The van der Waals surface area contributed by atoms with E-state index in [-0.39, 0.29) is 12.1 Å². The van der Waals surface area contributed by atoms with E-state index in [1.165, 1.54) is 0 Å². The summed E-state index contributed by atoms with van der Waals surface area (Å²) in [6.45, 7) is 0.714. The van der Waals surface area contributed by atoms with Crippen LogP contribution in [0.2, 0.25) is 0 Å². The molecule has 6 nitrogen and oxygen atoms in total. The molecule has 3 rings (SSSR count). The molecule has 2 aliphatic rings. The average Bonchev–Trinajstić information content (AvgIpc) is 2.96. The smallest absolute Gasteiger partial charge is 0.387 e. The normalized spacial score (nSPS) is 24.0. The van der Waals surface area contributed by atoms with Crippen molar-refractivity contribution >= 4 is 11.6 Å². The molecule has 1 aromatic rings. The average molecular weight is 356 g/mol. The highest BCUT2D eigenvalue weighted by molar-refractivity contribution is 6.39. The number of carbonyl (C=O) groups excluding carboxylic acids is 1. The van der Waals surface area contributed by atoms with E-state index in [0.717, 1.165) is 18.7 Å². The second kappa shape index (κ2) is 6.99. The Bertz CT molecular complexity index is 651. The Morgan fingerprint density at radius 3 is 2.96 bits per heavy atom. The van der Waals surface area contributed by atoms with Gasteiger partial charge in [0.05, 0.1) is 5.69 Å². The van der Waals surface area contributed by atoms with Gasteiger partial charge in [-0.3, -0.25) is 14.7 Å². The number of oxime groups is 1. The first-order chi connectivity index (χ1) is 11.9. The van der Waals surface area contributed by atoms with Crippen LogP contribution in [0.5, 0.6) is 0 Å². The molecular weight excluding hydrogens is 337 g/mol. The van der Waals surface area contributed by atoms with Crippen molar-refractivity contribution in [2.45, 2.75) is 37.6 Å². The number of likely N-dealkylation sites (tertiary alicyclic amines) is 1. The molecule has 1 saturated heterocycles. The molecule has 0 bridgehead atoms. The zero-order chi connectivity index (χ0) is 17.9. The Morgan fingerprint density at radius 2 is 2.24 bits per heavy atom. The maximum atomic E-state index is 12.2. The highest BCUT2D eigenvalue weighted by atomic mass is 19.4. The summed E-state index contributed by atoms with van der Waals surface area (Å²) >= 11 is 0. The molecule has 2 aliphatic heterocycles. The lowest BCUT2D eigenvalue weighted by Crippen LogP contribution is -2.48. The van der Waals surface area contributed by atoms with Gasteiger partial charge in [-0.15, -0.1) is 0 Å². The van der Waals surface area contributed by atoms with Crippen LogP contribution in [0.3, 0.4) is 0 Å². The zero-order valence-electron chi connectivity index (χ0n) is 13.6. The van der Waals surface area contributed by atoms with Gasteiger partial charge in [-0.05, 0) is 31.5 Å². The predicted octanol–water partition coefficient (Wildman–Crippen LogP) is 1.87. The van der Waals surface area contributed by atoms with E-state index in [2.05, 4.69) is 15.0 Å². The van der Waals surface area contributed by atoms with Crippen molar-refractivity contribution in [1.82, 2.24) is 15.2 Å². The van der Waals surface area contributed by atoms with Crippen molar-refractivity contribution in [2.75, 3.05) is 19.6 Å². The molecule has 1 spiro atoms. The molecule has 0 aliphatic carbocycles. The number of hydrogen-bond donors (Lipinski definition) is 1. The molecule has 1 unspecified atom stereocenters. The summed E-state index contributed by atoms with van der Waals surface area (Å²) < 4.78 is 36.6. The maximum Gasteiger partial charge on any atom is 0.405 e. The Morgan fingerprint density at radius 1 is 1.40 bits per heavy atom. The second-order valence-electron chi connectivity index (χ2n) is 6.42. The quantitative estimate of drug-likeness (QED) is 0.894. The molecule has 0 radical (unpaired) electrons. The summed E-state index contributed by atoms with van der Waals surface area (Å²) in [5, 5.41) is 5.59. The minimum Gasteiger partial charge on any atom is -0.387 e. The molecule has 0 aromatic carbocycles. The topological polar surface area (TPSA) is 66.8 Å². The third-order valence-electron chi connectivity index (χ3n) is 4.28. The fraction of sp³-hybridized carbons (Fsp3) is 0.562. The van der Waals surface area contributed by atoms with Crippen LogP contribution in [0.1, 0.15) is 25.0 Å². The molecule has 9 heteroatoms. The van der Waals surface area contributed by atoms with E-state index in [4.69, 9.17) is 4.84 Å². The number of alkyl halides is 3. The van der Waals surface area contributed by atoms with Crippen LogP contribution in [0.25, 0.3) is 0 Å². The van der Waals surface area contributed by atoms with Gasteiger partial charge in [0.25, 0.3) is 5.91 Å². The number of rotatable bonds is 4. The summed E-state index contributed by atoms with van der Waals surface area (Å²) in [6.07, 6.45) is -0.925. The number of hydrogen-bond acceptors (Lipinski definition) is 5. The summed E-state index contributed by atoms with van der Waals surface area (Å²) in [5.41, 5.74) is 0.309. The molecule has 1 amide bonds. The number of piperidine rings is 1. The van der Waals surface area contributed by atoms with Gasteiger partial charge in [0.1, 0.15) is 12.3 Å². The van der Waals surface area contributed by atoms with Gasteiger partial charge in [0.15, 0.2) is 5.60 Å². The minimum absolute atomic E-state index is 0.0175. The maximum absolute atomic E-state index is 12.2. The molecule has 1 N–H and O–H groups in total. The van der Waals surface area contributed by atoms with Crippen LogP contribution >= 0.6 is 0 Å². The van der Waals surface area contributed by atoms with E-state index in [1.54, 1.807) is 6.20 Å². The summed E-state index contributed by atoms with van der Waals surface area (Å²) in [4.78, 5) is 23.8. The number of aromatic nitrogens is 1. The Hall–Kier alpha value is -2.16. The third-order valence-corrected chi connectivity index (χ3v) is 4.28. The van der Waals surface area contributed by atoms with Gasteiger partial charge in [-0.25, -0.2) is 0 Å². The first-order valence-corrected chi connectivity index (χ1v) is 8.08. The van der Waals surface area contributed by atoms with Crippen molar-refractivity contribution in [3.63, 3.8) is 0 Å². The van der Waals surface area contributed by atoms with Crippen LogP contribution in [0.4, 0.5) is 13.2 Å². The summed E-state index contributed by atoms with van der Waals surface area (Å²) in [5.74, 6) is -0.823. The van der Waals surface area contributed by atoms with Crippen LogP contribution in [-0.2, 0) is 16.2 Å². The number of carbonyl (C=O) groups is 1. The molecule has 1 aromatic heterocycles. The van der Waals surface area contributed by atoms with E-state index in [1.807, 2.05) is 23.5 Å². The fourth-order valence-electron chi connectivity index (χ4n) is 3.19. The lowest BCUT2D eigenvalue weighted by molar-refractivity contribution is -0.134. The summed E-state index contributed by atoms with van der Waals surface area (Å²) in [7, 11) is 0.